The van der Waals surface area contributed by atoms with Gasteiger partial charge in [-0.3, -0.25) is 4.79 Å². The Labute approximate surface area is 96.7 Å². The minimum atomic E-state index is -4.60. The molecule has 0 N–H and O–H groups in total. The van der Waals surface area contributed by atoms with Gasteiger partial charge in [-0.25, -0.2) is 4.39 Å². The monoisotopic (exact) mass is 257 g/mol. The van der Waals surface area contributed by atoms with E-state index >= 15 is 0 Å². The van der Waals surface area contributed by atoms with E-state index in [4.69, 9.17) is 0 Å². The molecule has 1 heterocycles. The molecule has 17 heavy (non-hydrogen) atoms. The van der Waals surface area contributed by atoms with Crippen LogP contribution in [-0.4, -0.2) is 50.5 Å². The van der Waals surface area contributed by atoms with Gasteiger partial charge < -0.3 is 9.64 Å². The molecule has 0 aromatic rings. The van der Waals surface area contributed by atoms with Crippen molar-refractivity contribution in [1.82, 2.24) is 4.90 Å². The van der Waals surface area contributed by atoms with Crippen molar-refractivity contribution in [2.24, 2.45) is 5.41 Å². The number of piperidine rings is 1. The number of halogens is 4. The number of hydrogen-bond donors (Lipinski definition) is 0. The van der Waals surface area contributed by atoms with Crippen LogP contribution in [0.3, 0.4) is 0 Å². The van der Waals surface area contributed by atoms with E-state index in [1.807, 2.05) is 0 Å². The first-order valence-corrected chi connectivity index (χ1v) is 5.19. The quantitative estimate of drug-likeness (QED) is 0.558. The van der Waals surface area contributed by atoms with Gasteiger partial charge in [-0.2, -0.15) is 13.2 Å². The van der Waals surface area contributed by atoms with Gasteiger partial charge in [0.2, 0.25) is 0 Å². The smallest absolute Gasteiger partial charge is 0.390 e. The molecule has 0 spiro atoms. The summed E-state index contributed by atoms with van der Waals surface area (Å²) in [6, 6.07) is 0. The Morgan fingerprint density at radius 3 is 2.59 bits per heavy atom. The minimum absolute atomic E-state index is 0.0956. The molecule has 0 aliphatic carbocycles. The molecule has 1 aliphatic heterocycles. The maximum atomic E-state index is 13.8. The highest BCUT2D eigenvalue weighted by atomic mass is 19.4. The van der Waals surface area contributed by atoms with Gasteiger partial charge in [-0.05, 0) is 13.5 Å². The first-order chi connectivity index (χ1) is 7.71. The lowest BCUT2D eigenvalue weighted by Crippen LogP contribution is -2.55. The van der Waals surface area contributed by atoms with E-state index in [2.05, 4.69) is 4.74 Å². The van der Waals surface area contributed by atoms with Gasteiger partial charge in [-0.1, -0.05) is 0 Å². The normalized spacial score (nSPS) is 31.3. The molecule has 1 rings (SSSR count). The van der Waals surface area contributed by atoms with Crippen LogP contribution in [0.1, 0.15) is 12.8 Å². The molecule has 0 aromatic heterocycles. The highest BCUT2D eigenvalue weighted by Gasteiger charge is 2.56. The second-order valence-corrected chi connectivity index (χ2v) is 4.43. The van der Waals surface area contributed by atoms with E-state index in [9.17, 15) is 22.4 Å². The third-order valence-electron chi connectivity index (χ3n) is 3.02. The number of carbonyl (C=O) groups is 1. The predicted molar refractivity (Wildman–Crippen MR) is 52.1 cm³/mol. The summed E-state index contributed by atoms with van der Waals surface area (Å²) >= 11 is 0. The largest absolute Gasteiger partial charge is 0.468 e. The second-order valence-electron chi connectivity index (χ2n) is 4.43. The Balaban J connectivity index is 3.03. The van der Waals surface area contributed by atoms with E-state index in [1.165, 1.54) is 4.90 Å². The number of likely N-dealkylation sites (tertiary alicyclic amines) is 1. The first kappa shape index (κ1) is 14.2. The van der Waals surface area contributed by atoms with Crippen LogP contribution >= 0.6 is 0 Å². The molecule has 0 amide bonds. The summed E-state index contributed by atoms with van der Waals surface area (Å²) in [6.07, 6.45) is -8.01. The summed E-state index contributed by atoms with van der Waals surface area (Å²) < 4.78 is 55.6. The van der Waals surface area contributed by atoms with Crippen LogP contribution in [0.15, 0.2) is 0 Å². The minimum Gasteiger partial charge on any atom is -0.468 e. The van der Waals surface area contributed by atoms with Crippen LogP contribution < -0.4 is 0 Å². The van der Waals surface area contributed by atoms with Crippen molar-refractivity contribution in [3.8, 4) is 0 Å². The lowest BCUT2D eigenvalue weighted by atomic mass is 9.75. The predicted octanol–water partition coefficient (Wildman–Crippen LogP) is 1.77. The molecule has 0 aromatic carbocycles. The topological polar surface area (TPSA) is 29.5 Å². The highest BCUT2D eigenvalue weighted by Crippen LogP contribution is 2.42. The average Bonchev–Trinajstić information content (AvgIpc) is 2.20. The standard InChI is InChI=1S/C10H15F4NO2/c1-15-4-3-7(11)9(6-15,8(16)17-2)5-10(12,13)14/h7H,3-6H2,1-2H3. The van der Waals surface area contributed by atoms with Crippen molar-refractivity contribution in [3.63, 3.8) is 0 Å². The Kier molecular flexibility index (Phi) is 4.01. The lowest BCUT2D eigenvalue weighted by Gasteiger charge is -2.41. The number of rotatable bonds is 2. The third-order valence-corrected chi connectivity index (χ3v) is 3.02. The van der Waals surface area contributed by atoms with Crippen LogP contribution in [0.2, 0.25) is 0 Å². The summed E-state index contributed by atoms with van der Waals surface area (Å²) in [4.78, 5) is 13.0. The number of ether oxygens (including phenoxy) is 1. The number of nitrogens with zero attached hydrogens (tertiary/aromatic N) is 1. The number of alkyl halides is 4. The third kappa shape index (κ3) is 3.08. The molecule has 0 saturated carbocycles. The molecule has 2 atom stereocenters. The average molecular weight is 257 g/mol. The molecule has 3 nitrogen and oxygen atoms in total. The summed E-state index contributed by atoms with van der Waals surface area (Å²) in [7, 11) is 2.53. The molecule has 7 heteroatoms. The fourth-order valence-electron chi connectivity index (χ4n) is 2.26. The summed E-state index contributed by atoms with van der Waals surface area (Å²) in [5.74, 6) is -1.13. The van der Waals surface area contributed by atoms with Crippen LogP contribution in [0.25, 0.3) is 0 Å². The Hall–Kier alpha value is -0.850. The van der Waals surface area contributed by atoms with Crippen molar-refractivity contribution >= 4 is 5.97 Å². The Morgan fingerprint density at radius 2 is 2.12 bits per heavy atom. The van der Waals surface area contributed by atoms with Crippen LogP contribution in [0.4, 0.5) is 17.6 Å². The van der Waals surface area contributed by atoms with Crippen molar-refractivity contribution in [3.05, 3.63) is 0 Å². The zero-order chi connectivity index (χ0) is 13.3. The van der Waals surface area contributed by atoms with Gasteiger partial charge in [0.1, 0.15) is 11.6 Å². The van der Waals surface area contributed by atoms with E-state index in [0.717, 1.165) is 7.11 Å². The number of carbonyl (C=O) groups excluding carboxylic acids is 1. The van der Waals surface area contributed by atoms with Crippen LogP contribution in [-0.2, 0) is 9.53 Å². The van der Waals surface area contributed by atoms with Gasteiger partial charge >= 0.3 is 12.1 Å². The Bertz CT molecular complexity index is 295. The van der Waals surface area contributed by atoms with Crippen molar-refractivity contribution in [2.75, 3.05) is 27.2 Å². The van der Waals surface area contributed by atoms with E-state index < -0.39 is 30.2 Å². The molecule has 2 unspecified atom stereocenters. The zero-order valence-corrected chi connectivity index (χ0v) is 9.68. The first-order valence-electron chi connectivity index (χ1n) is 5.19. The van der Waals surface area contributed by atoms with E-state index in [0.29, 0.717) is 6.54 Å². The molecule has 100 valence electrons. The SMILES string of the molecule is COC(=O)C1(CC(F)(F)F)CN(C)CCC1F. The Morgan fingerprint density at radius 1 is 1.53 bits per heavy atom. The van der Waals surface area contributed by atoms with Crippen LogP contribution in [0.5, 0.6) is 0 Å². The highest BCUT2D eigenvalue weighted by molar-refractivity contribution is 5.78. The summed E-state index contributed by atoms with van der Waals surface area (Å²) in [5, 5.41) is 0. The second kappa shape index (κ2) is 4.80. The fourth-order valence-corrected chi connectivity index (χ4v) is 2.26. The van der Waals surface area contributed by atoms with Crippen molar-refractivity contribution < 1.29 is 27.1 Å². The van der Waals surface area contributed by atoms with E-state index in [-0.39, 0.29) is 13.0 Å². The van der Waals surface area contributed by atoms with Gasteiger partial charge in [0.25, 0.3) is 0 Å². The molecular weight excluding hydrogens is 242 g/mol. The number of methoxy groups -OCH3 is 1. The van der Waals surface area contributed by atoms with E-state index in [1.54, 1.807) is 7.05 Å². The van der Waals surface area contributed by atoms with Gasteiger partial charge in [-0.15, -0.1) is 0 Å². The lowest BCUT2D eigenvalue weighted by molar-refractivity contribution is -0.196. The van der Waals surface area contributed by atoms with Crippen molar-refractivity contribution in [2.45, 2.75) is 25.2 Å². The molecule has 1 saturated heterocycles. The molecule has 0 radical (unpaired) electrons. The van der Waals surface area contributed by atoms with Crippen molar-refractivity contribution in [1.29, 1.82) is 0 Å². The summed E-state index contributed by atoms with van der Waals surface area (Å²) in [5.41, 5.74) is -2.12. The summed E-state index contributed by atoms with van der Waals surface area (Å²) in [6.45, 7) is 0.0537. The maximum absolute atomic E-state index is 13.8. The molecule has 0 bridgehead atoms. The maximum Gasteiger partial charge on any atom is 0.390 e. The van der Waals surface area contributed by atoms with Crippen LogP contribution in [0, 0.1) is 5.41 Å². The zero-order valence-electron chi connectivity index (χ0n) is 9.68. The van der Waals surface area contributed by atoms with Gasteiger partial charge in [0.05, 0.1) is 13.5 Å². The number of esters is 1. The molecule has 1 aliphatic rings. The fraction of sp³-hybridized carbons (Fsp3) is 0.900. The molecule has 1 fully saturated rings. The van der Waals surface area contributed by atoms with Gasteiger partial charge in [0.15, 0.2) is 0 Å². The van der Waals surface area contributed by atoms with Gasteiger partial charge in [0, 0.05) is 13.1 Å². The number of hydrogen-bond acceptors (Lipinski definition) is 3. The molecular formula is C10H15F4NO2.